The van der Waals surface area contributed by atoms with Crippen LogP contribution in [0.3, 0.4) is 0 Å². The van der Waals surface area contributed by atoms with Crippen molar-refractivity contribution in [2.24, 2.45) is 0 Å². The van der Waals surface area contributed by atoms with Crippen molar-refractivity contribution >= 4 is 55.6 Å². The molecular formula is C28H22Mn2N12O6+2. The molecule has 0 aliphatic rings. The van der Waals surface area contributed by atoms with Crippen LogP contribution in [0.5, 0.6) is 0 Å². The van der Waals surface area contributed by atoms with Gasteiger partial charge in [-0.05, 0) is 24.3 Å². The number of benzene rings is 2. The second-order valence-corrected chi connectivity index (χ2v) is 8.41. The Hall–Kier alpha value is -5.88. The molecule has 6 heterocycles. The molecule has 0 amide bonds. The van der Waals surface area contributed by atoms with Gasteiger partial charge < -0.3 is 41.0 Å². The van der Waals surface area contributed by atoms with Gasteiger partial charge in [0.05, 0.1) is 45.7 Å². The van der Waals surface area contributed by atoms with E-state index in [1.807, 2.05) is 24.3 Å². The molecule has 20 heteroatoms. The fourth-order valence-electron chi connectivity index (χ4n) is 3.81. The van der Waals surface area contributed by atoms with E-state index in [4.69, 9.17) is 0 Å². The molecule has 0 aliphatic heterocycles. The summed E-state index contributed by atoms with van der Waals surface area (Å²) in [6.07, 6.45) is 7.21. The number of aromatic carboxylic acids is 2. The van der Waals surface area contributed by atoms with Crippen LogP contribution in [0.2, 0.25) is 0 Å². The van der Waals surface area contributed by atoms with Crippen molar-refractivity contribution in [2.75, 3.05) is 0 Å². The van der Waals surface area contributed by atoms with E-state index in [-0.39, 0.29) is 45.1 Å². The molecule has 8 rings (SSSR count). The third-order valence-electron chi connectivity index (χ3n) is 5.69. The van der Waals surface area contributed by atoms with Crippen molar-refractivity contribution in [1.82, 2.24) is 61.2 Å². The van der Waals surface area contributed by atoms with E-state index < -0.39 is 23.6 Å². The van der Waals surface area contributed by atoms with Gasteiger partial charge >= 0.3 is 34.1 Å². The first-order valence-corrected chi connectivity index (χ1v) is 12.5. The Bertz CT molecular complexity index is 1910. The van der Waals surface area contributed by atoms with Crippen LogP contribution in [0.15, 0.2) is 97.6 Å². The van der Waals surface area contributed by atoms with Gasteiger partial charge in [-0.15, -0.1) is 0 Å². The van der Waals surface area contributed by atoms with Crippen LogP contribution in [0.25, 0.3) is 43.6 Å². The molecule has 0 atom stereocenters. The van der Waals surface area contributed by atoms with Crippen LogP contribution in [0, 0.1) is 0 Å². The maximum Gasteiger partial charge on any atom is 2.00 e. The maximum absolute atomic E-state index is 9.75. The molecule has 2 aromatic carbocycles. The first-order valence-electron chi connectivity index (χ1n) is 12.5. The number of rotatable bonds is 2. The average Bonchev–Trinajstić information content (AvgIpc) is 3.82. The van der Waals surface area contributed by atoms with Gasteiger partial charge in [0.15, 0.2) is 0 Å². The zero-order valence-electron chi connectivity index (χ0n) is 24.1. The van der Waals surface area contributed by atoms with Crippen LogP contribution in [-0.4, -0.2) is 62.9 Å². The molecule has 2 radical (unpaired) electrons. The minimum atomic E-state index is -1.46. The Kier molecular flexibility index (Phi) is 16.4. The molecule has 6 aromatic heterocycles. The average molecular weight is 732 g/mol. The molecule has 0 bridgehead atoms. The number of fused-ring (bicyclic) bond motifs is 6. The molecule has 18 nitrogen and oxygen atoms in total. The van der Waals surface area contributed by atoms with Gasteiger partial charge in [-0.2, -0.15) is 10.4 Å². The summed E-state index contributed by atoms with van der Waals surface area (Å²) in [5.41, 5.74) is 3.91. The van der Waals surface area contributed by atoms with E-state index in [2.05, 4.69) is 110 Å². The minimum Gasteiger partial charge on any atom is -0.544 e. The van der Waals surface area contributed by atoms with Crippen LogP contribution in [0.1, 0.15) is 21.2 Å². The molecule has 0 saturated carbocycles. The molecule has 0 aliphatic carbocycles. The van der Waals surface area contributed by atoms with E-state index in [0.717, 1.165) is 43.6 Å². The number of pyridine rings is 4. The molecule has 48 heavy (non-hydrogen) atoms. The van der Waals surface area contributed by atoms with Gasteiger partial charge in [-0.25, -0.2) is 0 Å². The summed E-state index contributed by atoms with van der Waals surface area (Å²) in [5.74, 6) is -3.89. The molecule has 242 valence electrons. The Morgan fingerprint density at radius 2 is 0.750 bits per heavy atom. The summed E-state index contributed by atoms with van der Waals surface area (Å²) in [5, 5.41) is 47.6. The topological polar surface area (TPSA) is 303 Å². The monoisotopic (exact) mass is 732 g/mol. The zero-order valence-corrected chi connectivity index (χ0v) is 26.5. The van der Waals surface area contributed by atoms with Crippen molar-refractivity contribution in [2.45, 2.75) is 0 Å². The molecule has 0 saturated heterocycles. The number of carboxylic acid groups (broad SMARTS) is 2. The standard InChI is InChI=1S/2C12H8N2.2C2H2N4O2.2Mn.2H2O/c2*1-3-9-5-6-10-4-2-8-14-12(10)11(9)13-7-1;2*7-2(8)1-3-5-6-4-1;;;;/h2*1-8H;2*(H2,3,4,5,6,7,8);;;2*1H2/q;;;;2*+2;;/p-2. The Balaban J connectivity index is 0.000000322. The number of hydrogen-bond acceptors (Lipinski definition) is 14. The van der Waals surface area contributed by atoms with E-state index in [1.54, 1.807) is 24.8 Å². The largest absolute Gasteiger partial charge is 2.00 e. The normalized spacial score (nSPS) is 9.33. The zero-order chi connectivity index (χ0) is 30.7. The maximum atomic E-state index is 9.75. The fraction of sp³-hybridized carbons (Fsp3) is 0. The van der Waals surface area contributed by atoms with Gasteiger partial charge in [-0.3, -0.25) is 40.6 Å². The van der Waals surface area contributed by atoms with Crippen LogP contribution >= 0.6 is 0 Å². The summed E-state index contributed by atoms with van der Waals surface area (Å²) in [6, 6.07) is 24.3. The third kappa shape index (κ3) is 10.1. The molecule has 6 N–H and O–H groups in total. The fourth-order valence-corrected chi connectivity index (χ4v) is 3.81. The summed E-state index contributed by atoms with van der Waals surface area (Å²) in [4.78, 5) is 36.9. The summed E-state index contributed by atoms with van der Waals surface area (Å²) < 4.78 is 0. The van der Waals surface area contributed by atoms with Gasteiger partial charge in [0.2, 0.25) is 0 Å². The van der Waals surface area contributed by atoms with Crippen molar-refractivity contribution < 1.29 is 64.9 Å². The van der Waals surface area contributed by atoms with Gasteiger partial charge in [0, 0.05) is 46.3 Å². The van der Waals surface area contributed by atoms with Crippen molar-refractivity contribution in [3.8, 4) is 0 Å². The predicted molar refractivity (Wildman–Crippen MR) is 159 cm³/mol. The van der Waals surface area contributed by atoms with E-state index in [1.165, 1.54) is 0 Å². The number of carbonyl (C=O) groups excluding carboxylic acids is 2. The quantitative estimate of drug-likeness (QED) is 0.106. The van der Waals surface area contributed by atoms with E-state index >= 15 is 0 Å². The third-order valence-corrected chi connectivity index (χ3v) is 5.69. The molecule has 0 spiro atoms. The smallest absolute Gasteiger partial charge is 0.544 e. The molecular weight excluding hydrogens is 710 g/mol. The first-order chi connectivity index (χ1) is 21.5. The second kappa shape index (κ2) is 19.6. The number of carboxylic acids is 2. The van der Waals surface area contributed by atoms with Crippen molar-refractivity contribution in [1.29, 1.82) is 0 Å². The Morgan fingerprint density at radius 3 is 0.938 bits per heavy atom. The number of carbonyl (C=O) groups is 2. The summed E-state index contributed by atoms with van der Waals surface area (Å²) in [7, 11) is 0. The van der Waals surface area contributed by atoms with Gasteiger partial charge in [0.25, 0.3) is 0 Å². The van der Waals surface area contributed by atoms with Crippen LogP contribution < -0.4 is 20.4 Å². The summed E-state index contributed by atoms with van der Waals surface area (Å²) in [6.45, 7) is 0. The number of aromatic nitrogens is 12. The number of tetrazole rings is 2. The predicted octanol–water partition coefficient (Wildman–Crippen LogP) is -1.90. The van der Waals surface area contributed by atoms with Crippen LogP contribution in [-0.2, 0) is 45.1 Å². The Labute approximate surface area is 290 Å². The molecule has 0 unspecified atom stereocenters. The van der Waals surface area contributed by atoms with E-state index in [0.29, 0.717) is 0 Å². The SMILES string of the molecule is O=C([O-])c1nnn[n-]1.O=C([O-])c1nnn[n-]1.[Mn+2].[Mn+2].[OH3+].[OH3+].c1cnc2c(c1)ccc1cccnc12.c1cnc2c(c1)ccc1cccnc12. The molecule has 0 fully saturated rings. The molecule has 8 aromatic rings. The summed E-state index contributed by atoms with van der Waals surface area (Å²) >= 11 is 0. The van der Waals surface area contributed by atoms with Crippen molar-refractivity contribution in [3.63, 3.8) is 0 Å². The Morgan fingerprint density at radius 1 is 0.479 bits per heavy atom. The van der Waals surface area contributed by atoms with Gasteiger partial charge in [-0.1, -0.05) is 48.5 Å². The van der Waals surface area contributed by atoms with Gasteiger partial charge in [0.1, 0.15) is 0 Å². The van der Waals surface area contributed by atoms with Crippen LogP contribution in [0.4, 0.5) is 0 Å². The number of hydrogen-bond donors (Lipinski definition) is 0. The first kappa shape index (κ1) is 40.1. The van der Waals surface area contributed by atoms with Crippen molar-refractivity contribution in [3.05, 3.63) is 109 Å². The van der Waals surface area contributed by atoms with E-state index in [9.17, 15) is 19.8 Å². The minimum absolute atomic E-state index is 0. The second-order valence-electron chi connectivity index (χ2n) is 8.41. The number of nitrogens with zero attached hydrogens (tertiary/aromatic N) is 12.